The highest BCUT2D eigenvalue weighted by Gasteiger charge is 2.37. The molecule has 0 spiro atoms. The largest absolute Gasteiger partial charge is 0.493 e. The topological polar surface area (TPSA) is 62.8 Å². The van der Waals surface area contributed by atoms with Gasteiger partial charge in [0, 0.05) is 37.3 Å². The van der Waals surface area contributed by atoms with Crippen molar-refractivity contribution in [3.63, 3.8) is 0 Å². The summed E-state index contributed by atoms with van der Waals surface area (Å²) in [5, 5.41) is 6.79. The van der Waals surface area contributed by atoms with Gasteiger partial charge in [0.05, 0.1) is 20.3 Å². The minimum atomic E-state index is -0.190. The van der Waals surface area contributed by atoms with Crippen LogP contribution in [0.3, 0.4) is 0 Å². The number of nitrogens with zero attached hydrogens (tertiary/aromatic N) is 1. The zero-order valence-corrected chi connectivity index (χ0v) is 20.2. The predicted octanol–water partition coefficient (Wildman–Crippen LogP) is 3.58. The molecule has 6 nitrogen and oxygen atoms in total. The second kappa shape index (κ2) is 10.8. The first-order valence-corrected chi connectivity index (χ1v) is 11.4. The molecule has 0 aromatic heterocycles. The molecule has 1 fully saturated rings. The number of likely N-dealkylation sites (tertiary alicyclic amines) is 1. The molecule has 0 bridgehead atoms. The van der Waals surface area contributed by atoms with Gasteiger partial charge in [0.15, 0.2) is 11.5 Å². The van der Waals surface area contributed by atoms with Gasteiger partial charge >= 0.3 is 0 Å². The second-order valence-corrected chi connectivity index (χ2v) is 9.00. The smallest absolute Gasteiger partial charge is 0.237 e. The van der Waals surface area contributed by atoms with Crippen LogP contribution < -0.4 is 20.1 Å². The number of amides is 1. The minimum Gasteiger partial charge on any atom is -0.493 e. The fraction of sp³-hybridized carbons (Fsp3) is 0.500. The number of methoxy groups -OCH3 is 2. The molecule has 1 saturated heterocycles. The standard InChI is InChI=1S/C26H37N3O3/c1-17(2)28-26(30)23-13-22(27-14-21-12-18(3)10-11-19(21)4)16-29(23)15-20-8-7-9-24(31-5)25(20)32-6/h7-12,17,22-23,27H,13-16H2,1-6H3,(H,28,30)/t22-,23+/m1/s1. The summed E-state index contributed by atoms with van der Waals surface area (Å²) in [6, 6.07) is 12.6. The summed E-state index contributed by atoms with van der Waals surface area (Å²) < 4.78 is 11.1. The number of carbonyl (C=O) groups excluding carboxylic acids is 1. The highest BCUT2D eigenvalue weighted by molar-refractivity contribution is 5.82. The summed E-state index contributed by atoms with van der Waals surface area (Å²) in [6.07, 6.45) is 0.774. The number of ether oxygens (including phenoxy) is 2. The molecule has 2 aromatic carbocycles. The van der Waals surface area contributed by atoms with Crippen LogP contribution in [0.4, 0.5) is 0 Å². The van der Waals surface area contributed by atoms with E-state index in [0.717, 1.165) is 30.8 Å². The third-order valence-electron chi connectivity index (χ3n) is 6.08. The maximum absolute atomic E-state index is 13.0. The Morgan fingerprint density at radius 2 is 1.91 bits per heavy atom. The lowest BCUT2D eigenvalue weighted by Crippen LogP contribution is -2.45. The number of carbonyl (C=O) groups is 1. The molecule has 2 atom stereocenters. The summed E-state index contributed by atoms with van der Waals surface area (Å²) >= 11 is 0. The predicted molar refractivity (Wildman–Crippen MR) is 128 cm³/mol. The minimum absolute atomic E-state index is 0.0814. The summed E-state index contributed by atoms with van der Waals surface area (Å²) in [5.41, 5.74) is 4.87. The van der Waals surface area contributed by atoms with Gasteiger partial charge in [-0.15, -0.1) is 0 Å². The van der Waals surface area contributed by atoms with E-state index in [-0.39, 0.29) is 24.0 Å². The molecule has 32 heavy (non-hydrogen) atoms. The van der Waals surface area contributed by atoms with Crippen LogP contribution in [0.2, 0.25) is 0 Å². The quantitative estimate of drug-likeness (QED) is 0.625. The normalized spacial score (nSPS) is 18.7. The van der Waals surface area contributed by atoms with E-state index in [9.17, 15) is 4.79 Å². The Balaban J connectivity index is 1.77. The molecule has 6 heteroatoms. The highest BCUT2D eigenvalue weighted by atomic mass is 16.5. The van der Waals surface area contributed by atoms with E-state index < -0.39 is 0 Å². The Kier molecular flexibility index (Phi) is 8.15. The van der Waals surface area contributed by atoms with E-state index in [2.05, 4.69) is 47.6 Å². The first kappa shape index (κ1) is 24.1. The Bertz CT molecular complexity index is 929. The number of hydrogen-bond donors (Lipinski definition) is 2. The Labute approximate surface area is 192 Å². The number of aryl methyl sites for hydroxylation is 2. The van der Waals surface area contributed by atoms with Gasteiger partial charge < -0.3 is 20.1 Å². The molecule has 1 aliphatic heterocycles. The number of rotatable bonds is 9. The molecule has 0 saturated carbocycles. The van der Waals surface area contributed by atoms with Crippen molar-refractivity contribution in [2.75, 3.05) is 20.8 Å². The first-order valence-electron chi connectivity index (χ1n) is 11.4. The van der Waals surface area contributed by atoms with Crippen molar-refractivity contribution < 1.29 is 14.3 Å². The summed E-state index contributed by atoms with van der Waals surface area (Å²) in [7, 11) is 3.30. The first-order chi connectivity index (χ1) is 15.3. The zero-order chi connectivity index (χ0) is 23.3. The average molecular weight is 440 g/mol. The van der Waals surface area contributed by atoms with Crippen LogP contribution in [0.25, 0.3) is 0 Å². The monoisotopic (exact) mass is 439 g/mol. The SMILES string of the molecule is COc1cccc(CN2C[C@H](NCc3cc(C)ccc3C)C[C@H]2C(=O)NC(C)C)c1OC. The number of benzene rings is 2. The molecule has 0 unspecified atom stereocenters. The molecule has 1 heterocycles. The second-order valence-electron chi connectivity index (χ2n) is 9.00. The van der Waals surface area contributed by atoms with Crippen molar-refractivity contribution in [2.24, 2.45) is 0 Å². The van der Waals surface area contributed by atoms with Gasteiger partial charge in [0.2, 0.25) is 5.91 Å². The molecule has 1 amide bonds. The average Bonchev–Trinajstić information content (AvgIpc) is 3.16. The fourth-order valence-corrected chi connectivity index (χ4v) is 4.42. The van der Waals surface area contributed by atoms with E-state index in [1.54, 1.807) is 14.2 Å². The Hall–Kier alpha value is -2.57. The number of para-hydroxylation sites is 1. The van der Waals surface area contributed by atoms with Crippen LogP contribution in [-0.2, 0) is 17.9 Å². The number of hydrogen-bond acceptors (Lipinski definition) is 5. The highest BCUT2D eigenvalue weighted by Crippen LogP contribution is 2.33. The van der Waals surface area contributed by atoms with Crippen molar-refractivity contribution in [3.8, 4) is 11.5 Å². The third kappa shape index (κ3) is 5.81. The summed E-state index contributed by atoms with van der Waals surface area (Å²) in [6.45, 7) is 10.5. The van der Waals surface area contributed by atoms with Gasteiger partial charge in [-0.3, -0.25) is 9.69 Å². The molecular formula is C26H37N3O3. The van der Waals surface area contributed by atoms with Crippen molar-refractivity contribution in [1.29, 1.82) is 0 Å². The molecule has 0 aliphatic carbocycles. The van der Waals surface area contributed by atoms with Gasteiger partial charge in [-0.25, -0.2) is 0 Å². The summed E-state index contributed by atoms with van der Waals surface area (Å²) in [5.74, 6) is 1.51. The van der Waals surface area contributed by atoms with Crippen molar-refractivity contribution >= 4 is 5.91 Å². The van der Waals surface area contributed by atoms with Crippen LogP contribution >= 0.6 is 0 Å². The van der Waals surface area contributed by atoms with Crippen LogP contribution in [-0.4, -0.2) is 49.7 Å². The molecule has 2 aromatic rings. The van der Waals surface area contributed by atoms with Crippen molar-refractivity contribution in [2.45, 2.75) is 65.3 Å². The lowest BCUT2D eigenvalue weighted by atomic mass is 10.0. The molecule has 174 valence electrons. The van der Waals surface area contributed by atoms with Crippen LogP contribution in [0.1, 0.15) is 42.5 Å². The van der Waals surface area contributed by atoms with Crippen LogP contribution in [0.5, 0.6) is 11.5 Å². The van der Waals surface area contributed by atoms with Crippen molar-refractivity contribution in [3.05, 3.63) is 58.7 Å². The molecule has 0 radical (unpaired) electrons. The van der Waals surface area contributed by atoms with Gasteiger partial charge in [0.25, 0.3) is 0 Å². The maximum atomic E-state index is 13.0. The molecule has 3 rings (SSSR count). The molecule has 2 N–H and O–H groups in total. The molecule has 1 aliphatic rings. The van der Waals surface area contributed by atoms with Gasteiger partial charge in [-0.1, -0.05) is 35.9 Å². The Morgan fingerprint density at radius 3 is 2.59 bits per heavy atom. The van der Waals surface area contributed by atoms with E-state index in [0.29, 0.717) is 12.3 Å². The van der Waals surface area contributed by atoms with E-state index in [1.165, 1.54) is 16.7 Å². The van der Waals surface area contributed by atoms with Gasteiger partial charge in [-0.2, -0.15) is 0 Å². The maximum Gasteiger partial charge on any atom is 0.237 e. The van der Waals surface area contributed by atoms with E-state index >= 15 is 0 Å². The lowest BCUT2D eigenvalue weighted by molar-refractivity contribution is -0.126. The van der Waals surface area contributed by atoms with Crippen molar-refractivity contribution in [1.82, 2.24) is 15.5 Å². The summed E-state index contributed by atoms with van der Waals surface area (Å²) in [4.78, 5) is 15.3. The third-order valence-corrected chi connectivity index (χ3v) is 6.08. The van der Waals surface area contributed by atoms with Gasteiger partial charge in [0.1, 0.15) is 0 Å². The fourth-order valence-electron chi connectivity index (χ4n) is 4.42. The van der Waals surface area contributed by atoms with Crippen LogP contribution in [0.15, 0.2) is 36.4 Å². The zero-order valence-electron chi connectivity index (χ0n) is 20.2. The van der Waals surface area contributed by atoms with E-state index in [4.69, 9.17) is 9.47 Å². The Morgan fingerprint density at radius 1 is 1.12 bits per heavy atom. The van der Waals surface area contributed by atoms with Crippen LogP contribution in [0, 0.1) is 13.8 Å². The van der Waals surface area contributed by atoms with E-state index in [1.807, 2.05) is 32.0 Å². The lowest BCUT2D eigenvalue weighted by Gasteiger charge is -2.25. The van der Waals surface area contributed by atoms with Gasteiger partial charge in [-0.05, 0) is 51.3 Å². The number of nitrogens with one attached hydrogen (secondary N) is 2. The molecular weight excluding hydrogens is 402 g/mol.